The second-order valence-corrected chi connectivity index (χ2v) is 4.08. The molecule has 4 nitrogen and oxygen atoms in total. The van der Waals surface area contributed by atoms with Gasteiger partial charge in [-0.15, -0.1) is 0 Å². The van der Waals surface area contributed by atoms with Crippen molar-refractivity contribution in [3.8, 4) is 0 Å². The second kappa shape index (κ2) is 5.18. The van der Waals surface area contributed by atoms with Gasteiger partial charge in [0.2, 0.25) is 0 Å². The topological polar surface area (TPSA) is 66.8 Å². The van der Waals surface area contributed by atoms with E-state index in [1.54, 1.807) is 0 Å². The molecule has 0 fully saturated rings. The van der Waals surface area contributed by atoms with Crippen LogP contribution >= 0.6 is 20.0 Å². The average molecular weight is 252 g/mol. The van der Waals surface area contributed by atoms with Crippen LogP contribution in [0.2, 0.25) is 0 Å². The molecule has 9 heteroatoms. The molecule has 0 aromatic carbocycles. The summed E-state index contributed by atoms with van der Waals surface area (Å²) in [6.07, 6.45) is -5.18. The lowest BCUT2D eigenvalue weighted by Crippen LogP contribution is -2.20. The van der Waals surface area contributed by atoms with E-state index in [-0.39, 0.29) is 6.42 Å². The maximum Gasteiger partial charge on any atom is 0.469 e. The van der Waals surface area contributed by atoms with E-state index in [0.29, 0.717) is 0 Å². The summed E-state index contributed by atoms with van der Waals surface area (Å²) in [5.41, 5.74) is 0. The Morgan fingerprint density at radius 2 is 1.93 bits per heavy atom. The quantitative estimate of drug-likeness (QED) is 0.443. The Morgan fingerprint density at radius 1 is 1.43 bits per heavy atom. The molecule has 14 heavy (non-hydrogen) atoms. The van der Waals surface area contributed by atoms with E-state index < -0.39 is 31.9 Å². The molecule has 0 spiro atoms. The van der Waals surface area contributed by atoms with Gasteiger partial charge >= 0.3 is 14.0 Å². The van der Waals surface area contributed by atoms with Crippen LogP contribution in [0.1, 0.15) is 12.8 Å². The van der Waals surface area contributed by atoms with Crippen LogP contribution in [-0.2, 0) is 9.09 Å². The van der Waals surface area contributed by atoms with E-state index in [1.807, 2.05) is 0 Å². The van der Waals surface area contributed by atoms with Crippen LogP contribution in [0, 0.1) is 0 Å². The molecule has 0 saturated carbocycles. The number of phosphoric ester groups is 1. The molecule has 0 bridgehead atoms. The fourth-order valence-corrected chi connectivity index (χ4v) is 1.07. The lowest BCUT2D eigenvalue weighted by molar-refractivity contribution is -0.0580. The first-order chi connectivity index (χ1) is 6.13. The van der Waals surface area contributed by atoms with Gasteiger partial charge in [0.1, 0.15) is 0 Å². The van der Waals surface area contributed by atoms with Crippen LogP contribution in [0.4, 0.5) is 13.2 Å². The minimum absolute atomic E-state index is 0.177. The molecular formula is C5H8F3O4PS. The molecule has 0 rings (SSSR count). The maximum absolute atomic E-state index is 11.8. The third-order valence-corrected chi connectivity index (χ3v) is 2.08. The molecule has 0 aliphatic carbocycles. The number of phosphoric acid groups is 1. The summed E-state index contributed by atoms with van der Waals surface area (Å²) in [7, 11) is -4.59. The number of alkyl halides is 3. The molecule has 0 radical (unpaired) electrons. The lowest BCUT2D eigenvalue weighted by Gasteiger charge is -2.08. The average Bonchev–Trinajstić information content (AvgIpc) is 1.93. The first-order valence-electron chi connectivity index (χ1n) is 3.43. The highest BCUT2D eigenvalue weighted by atomic mass is 32.1. The van der Waals surface area contributed by atoms with Crippen molar-refractivity contribution in [3.63, 3.8) is 0 Å². The summed E-state index contributed by atoms with van der Waals surface area (Å²) in [5, 5.41) is 0. The Kier molecular flexibility index (Phi) is 5.17. The minimum atomic E-state index is -4.59. The highest BCUT2D eigenvalue weighted by Gasteiger charge is 2.33. The Labute approximate surface area is 83.3 Å². The molecule has 0 amide bonds. The largest absolute Gasteiger partial charge is 0.469 e. The van der Waals surface area contributed by atoms with E-state index in [0.717, 1.165) is 0 Å². The highest BCUT2D eigenvalue weighted by Crippen LogP contribution is 2.35. The number of rotatable bonds is 5. The van der Waals surface area contributed by atoms with Gasteiger partial charge in [-0.05, 0) is 12.8 Å². The second-order valence-electron chi connectivity index (χ2n) is 2.35. The van der Waals surface area contributed by atoms with Crippen LogP contribution in [0.15, 0.2) is 0 Å². The van der Waals surface area contributed by atoms with Crippen molar-refractivity contribution in [2.45, 2.75) is 19.0 Å². The van der Waals surface area contributed by atoms with E-state index in [9.17, 15) is 17.7 Å². The molecule has 0 aromatic heterocycles. The summed E-state index contributed by atoms with van der Waals surface area (Å²) >= 11 is 4.02. The van der Waals surface area contributed by atoms with Gasteiger partial charge in [-0.25, -0.2) is 4.57 Å². The fraction of sp³-hybridized carbons (Fsp3) is 0.800. The number of hydrogen-bond donors (Lipinski definition) is 2. The number of halogens is 3. The zero-order chi connectivity index (χ0) is 11.4. The van der Waals surface area contributed by atoms with Gasteiger partial charge in [-0.1, -0.05) is 12.2 Å². The molecule has 0 atom stereocenters. The van der Waals surface area contributed by atoms with E-state index in [1.165, 1.54) is 0 Å². The standard InChI is InChI=1S/C5H8F3O4PS/c6-5(7,8)4(14)2-1-3-12-13(9,10)11/h1-3H2,(H2,9,10,11). The molecule has 0 aromatic rings. The maximum atomic E-state index is 11.8. The first-order valence-corrected chi connectivity index (χ1v) is 5.37. The van der Waals surface area contributed by atoms with E-state index >= 15 is 0 Å². The van der Waals surface area contributed by atoms with Crippen molar-refractivity contribution >= 4 is 24.9 Å². The molecular weight excluding hydrogens is 244 g/mol. The Balaban J connectivity index is 3.67. The van der Waals surface area contributed by atoms with Crippen molar-refractivity contribution in [3.05, 3.63) is 0 Å². The van der Waals surface area contributed by atoms with Crippen molar-refractivity contribution < 1.29 is 32.0 Å². The lowest BCUT2D eigenvalue weighted by atomic mass is 10.2. The monoisotopic (exact) mass is 252 g/mol. The summed E-state index contributed by atoms with van der Waals surface area (Å²) in [5.74, 6) is 0. The van der Waals surface area contributed by atoms with Gasteiger partial charge in [0.15, 0.2) is 0 Å². The molecule has 0 aliphatic heterocycles. The normalized spacial score (nSPS) is 12.9. The highest BCUT2D eigenvalue weighted by molar-refractivity contribution is 7.80. The summed E-state index contributed by atoms with van der Waals surface area (Å²) in [4.78, 5) is 15.2. The Hall–Kier alpha value is -0.0100. The van der Waals surface area contributed by atoms with Crippen molar-refractivity contribution in [2.24, 2.45) is 0 Å². The van der Waals surface area contributed by atoms with Crippen LogP contribution in [0.25, 0.3) is 0 Å². The van der Waals surface area contributed by atoms with Gasteiger partial charge in [0, 0.05) is 0 Å². The third-order valence-electron chi connectivity index (χ3n) is 1.12. The zero-order valence-corrected chi connectivity index (χ0v) is 8.53. The SMILES string of the molecule is O=P(O)(O)OCCCC(=S)C(F)(F)F. The van der Waals surface area contributed by atoms with Gasteiger partial charge in [0.25, 0.3) is 0 Å². The summed E-state index contributed by atoms with van der Waals surface area (Å²) < 4.78 is 49.3. The van der Waals surface area contributed by atoms with Crippen LogP contribution in [0.5, 0.6) is 0 Å². The van der Waals surface area contributed by atoms with Gasteiger partial charge in [0.05, 0.1) is 11.5 Å². The van der Waals surface area contributed by atoms with Crippen molar-refractivity contribution in [1.82, 2.24) is 0 Å². The van der Waals surface area contributed by atoms with E-state index in [2.05, 4.69) is 16.7 Å². The Bertz CT molecular complexity index is 248. The smallest absolute Gasteiger partial charge is 0.303 e. The van der Waals surface area contributed by atoms with Crippen molar-refractivity contribution in [1.29, 1.82) is 0 Å². The van der Waals surface area contributed by atoms with Crippen LogP contribution < -0.4 is 0 Å². The third kappa shape index (κ3) is 7.40. The molecule has 0 saturated heterocycles. The van der Waals surface area contributed by atoms with Gasteiger partial charge in [-0.2, -0.15) is 13.2 Å². The van der Waals surface area contributed by atoms with Gasteiger partial charge in [-0.3, -0.25) is 4.52 Å². The van der Waals surface area contributed by atoms with E-state index in [4.69, 9.17) is 9.79 Å². The first kappa shape index (κ1) is 14.0. The molecule has 0 aliphatic rings. The molecule has 84 valence electrons. The number of hydrogen-bond acceptors (Lipinski definition) is 3. The predicted octanol–water partition coefficient (Wildman–Crippen LogP) is 1.81. The molecule has 0 unspecified atom stereocenters. The fourth-order valence-electron chi connectivity index (χ4n) is 0.558. The summed E-state index contributed by atoms with van der Waals surface area (Å²) in [6.45, 7) is -0.458. The predicted molar refractivity (Wildman–Crippen MR) is 45.9 cm³/mol. The van der Waals surface area contributed by atoms with Crippen LogP contribution in [-0.4, -0.2) is 27.4 Å². The zero-order valence-electron chi connectivity index (χ0n) is 6.82. The molecule has 2 N–H and O–H groups in total. The van der Waals surface area contributed by atoms with Crippen molar-refractivity contribution in [2.75, 3.05) is 6.61 Å². The molecule has 0 heterocycles. The van der Waals surface area contributed by atoms with Gasteiger partial charge < -0.3 is 9.79 Å². The Morgan fingerprint density at radius 3 is 2.29 bits per heavy atom. The number of thiocarbonyl (C=S) groups is 1. The summed E-state index contributed by atoms with van der Waals surface area (Å²) in [6, 6.07) is 0. The van der Waals surface area contributed by atoms with Crippen LogP contribution in [0.3, 0.4) is 0 Å². The minimum Gasteiger partial charge on any atom is -0.303 e.